The fourth-order valence-electron chi connectivity index (χ4n) is 3.58. The lowest BCUT2D eigenvalue weighted by atomic mass is 10.2. The summed E-state index contributed by atoms with van der Waals surface area (Å²) in [6.45, 7) is 4.52. The topological polar surface area (TPSA) is 74.5 Å². The molecule has 0 saturated carbocycles. The van der Waals surface area contributed by atoms with Crippen molar-refractivity contribution in [2.45, 2.75) is 38.6 Å². The van der Waals surface area contributed by atoms with E-state index in [1.165, 1.54) is 11.3 Å². The van der Waals surface area contributed by atoms with Crippen LogP contribution in [0.1, 0.15) is 38.7 Å². The molecular weight excluding hydrogens is 326 g/mol. The van der Waals surface area contributed by atoms with Crippen molar-refractivity contribution in [3.05, 3.63) is 33.5 Å². The van der Waals surface area contributed by atoms with Gasteiger partial charge in [-0.05, 0) is 32.5 Å². The van der Waals surface area contributed by atoms with Gasteiger partial charge in [-0.15, -0.1) is 21.5 Å². The van der Waals surface area contributed by atoms with Crippen molar-refractivity contribution < 1.29 is 9.90 Å². The Morgan fingerprint density at radius 1 is 1.33 bits per heavy atom. The van der Waals surface area contributed by atoms with E-state index in [4.69, 9.17) is 0 Å². The molecule has 8 heteroatoms. The SMILES string of the molecule is Cc1ccc(C(=O)N2CCn3c(nnc3[C@@H]3C[C@@H](O)CN3C)C2)s1. The summed E-state index contributed by atoms with van der Waals surface area (Å²) in [6.07, 6.45) is 0.378. The third kappa shape index (κ3) is 2.64. The van der Waals surface area contributed by atoms with Crippen molar-refractivity contribution in [3.63, 3.8) is 0 Å². The van der Waals surface area contributed by atoms with Crippen molar-refractivity contribution in [2.24, 2.45) is 0 Å². The molecule has 4 heterocycles. The molecule has 0 aromatic carbocycles. The minimum Gasteiger partial charge on any atom is -0.392 e. The van der Waals surface area contributed by atoms with E-state index in [2.05, 4.69) is 19.7 Å². The number of carbonyl (C=O) groups is 1. The lowest BCUT2D eigenvalue weighted by Crippen LogP contribution is -2.39. The van der Waals surface area contributed by atoms with Crippen molar-refractivity contribution in [1.82, 2.24) is 24.6 Å². The molecule has 1 fully saturated rings. The van der Waals surface area contributed by atoms with E-state index in [9.17, 15) is 9.90 Å². The quantitative estimate of drug-likeness (QED) is 0.879. The average Bonchev–Trinajstić information content (AvgIpc) is 3.24. The molecule has 7 nitrogen and oxygen atoms in total. The zero-order valence-electron chi connectivity index (χ0n) is 13.8. The first kappa shape index (κ1) is 15.7. The molecule has 0 bridgehead atoms. The minimum atomic E-state index is -0.309. The van der Waals surface area contributed by atoms with Crippen LogP contribution in [0.25, 0.3) is 0 Å². The summed E-state index contributed by atoms with van der Waals surface area (Å²) in [4.78, 5) is 18.5. The summed E-state index contributed by atoms with van der Waals surface area (Å²) in [5.74, 6) is 1.80. The van der Waals surface area contributed by atoms with Crippen molar-refractivity contribution in [1.29, 1.82) is 0 Å². The van der Waals surface area contributed by atoms with Crippen molar-refractivity contribution >= 4 is 17.2 Å². The van der Waals surface area contributed by atoms with Gasteiger partial charge >= 0.3 is 0 Å². The largest absolute Gasteiger partial charge is 0.392 e. The molecule has 4 rings (SSSR count). The third-order valence-corrected chi connectivity index (χ3v) is 5.83. The fraction of sp³-hybridized carbons (Fsp3) is 0.562. The fourth-order valence-corrected chi connectivity index (χ4v) is 4.42. The van der Waals surface area contributed by atoms with Crippen LogP contribution in [0.5, 0.6) is 0 Å². The standard InChI is InChI=1S/C16H21N5O2S/c1-10-3-4-13(24-10)16(23)20-5-6-21-14(9-20)17-18-15(21)12-7-11(22)8-19(12)2/h3-4,11-12,22H,5-9H2,1-2H3/t11-,12+/m1/s1. The normalized spacial score (nSPS) is 24.4. The monoisotopic (exact) mass is 347 g/mol. The Bertz CT molecular complexity index is 770. The van der Waals surface area contributed by atoms with Gasteiger partial charge in [-0.2, -0.15) is 0 Å². The Labute approximate surface area is 144 Å². The number of β-amino-alcohol motifs (C(OH)–C–C–N with tert-alkyl or cyclic N) is 1. The molecule has 24 heavy (non-hydrogen) atoms. The highest BCUT2D eigenvalue weighted by molar-refractivity contribution is 7.13. The van der Waals surface area contributed by atoms with Crippen molar-refractivity contribution in [2.75, 3.05) is 20.1 Å². The van der Waals surface area contributed by atoms with Gasteiger partial charge in [0.1, 0.15) is 0 Å². The minimum absolute atomic E-state index is 0.0670. The lowest BCUT2D eigenvalue weighted by Gasteiger charge is -2.29. The highest BCUT2D eigenvalue weighted by Crippen LogP contribution is 2.31. The lowest BCUT2D eigenvalue weighted by molar-refractivity contribution is 0.0710. The van der Waals surface area contributed by atoms with Crippen LogP contribution in [0.15, 0.2) is 12.1 Å². The summed E-state index contributed by atoms with van der Waals surface area (Å²) in [6, 6.07) is 3.97. The molecule has 0 unspecified atom stereocenters. The predicted octanol–water partition coefficient (Wildman–Crippen LogP) is 1.04. The highest BCUT2D eigenvalue weighted by atomic mass is 32.1. The number of fused-ring (bicyclic) bond motifs is 1. The van der Waals surface area contributed by atoms with E-state index in [1.54, 1.807) is 0 Å². The second-order valence-electron chi connectivity index (χ2n) is 6.61. The van der Waals surface area contributed by atoms with Crippen LogP contribution < -0.4 is 0 Å². The van der Waals surface area contributed by atoms with Crippen LogP contribution in [0, 0.1) is 6.92 Å². The number of likely N-dealkylation sites (tertiary alicyclic amines) is 1. The number of rotatable bonds is 2. The zero-order valence-corrected chi connectivity index (χ0v) is 14.7. The molecule has 0 spiro atoms. The van der Waals surface area contributed by atoms with Crippen LogP contribution in [0.3, 0.4) is 0 Å². The Balaban J connectivity index is 1.54. The number of aliphatic hydroxyl groups excluding tert-OH is 1. The smallest absolute Gasteiger partial charge is 0.264 e. The molecule has 2 aromatic heterocycles. The van der Waals surface area contributed by atoms with Gasteiger partial charge in [-0.3, -0.25) is 9.69 Å². The number of carbonyl (C=O) groups excluding carboxylic acids is 1. The number of aryl methyl sites for hydroxylation is 1. The zero-order chi connectivity index (χ0) is 16.8. The van der Waals surface area contributed by atoms with Crippen LogP contribution in [-0.4, -0.2) is 61.8 Å². The van der Waals surface area contributed by atoms with Crippen LogP contribution in [0.2, 0.25) is 0 Å². The molecule has 1 N–H and O–H groups in total. The molecule has 1 saturated heterocycles. The Hall–Kier alpha value is -1.77. The van der Waals surface area contributed by atoms with E-state index >= 15 is 0 Å². The first-order valence-electron chi connectivity index (χ1n) is 8.19. The van der Waals surface area contributed by atoms with Gasteiger partial charge in [0.2, 0.25) is 0 Å². The van der Waals surface area contributed by atoms with Crippen LogP contribution >= 0.6 is 11.3 Å². The number of hydrogen-bond donors (Lipinski definition) is 1. The number of thiophene rings is 1. The van der Waals surface area contributed by atoms with Gasteiger partial charge in [0.25, 0.3) is 5.91 Å². The van der Waals surface area contributed by atoms with Gasteiger partial charge in [-0.1, -0.05) is 0 Å². The van der Waals surface area contributed by atoms with Gasteiger partial charge in [0, 0.05) is 24.5 Å². The van der Waals surface area contributed by atoms with Gasteiger partial charge in [0.05, 0.1) is 23.6 Å². The van der Waals surface area contributed by atoms with Crippen LogP contribution in [0.4, 0.5) is 0 Å². The molecular formula is C16H21N5O2S. The first-order chi connectivity index (χ1) is 11.5. The Morgan fingerprint density at radius 3 is 2.83 bits per heavy atom. The molecule has 2 atom stereocenters. The predicted molar refractivity (Wildman–Crippen MR) is 89.8 cm³/mol. The number of amides is 1. The van der Waals surface area contributed by atoms with Gasteiger partial charge < -0.3 is 14.6 Å². The van der Waals surface area contributed by atoms with E-state index in [0.717, 1.165) is 21.4 Å². The number of hydrogen-bond acceptors (Lipinski definition) is 6. The van der Waals surface area contributed by atoms with Crippen molar-refractivity contribution in [3.8, 4) is 0 Å². The number of nitrogens with zero attached hydrogens (tertiary/aromatic N) is 5. The molecule has 128 valence electrons. The highest BCUT2D eigenvalue weighted by Gasteiger charge is 2.35. The molecule has 2 aromatic rings. The molecule has 0 aliphatic carbocycles. The summed E-state index contributed by atoms with van der Waals surface area (Å²) < 4.78 is 2.11. The van der Waals surface area contributed by atoms with Gasteiger partial charge in [0.15, 0.2) is 11.6 Å². The number of aliphatic hydroxyl groups is 1. The summed E-state index contributed by atoms with van der Waals surface area (Å²) >= 11 is 1.53. The van der Waals surface area contributed by atoms with E-state index in [1.807, 2.05) is 31.0 Å². The summed E-state index contributed by atoms with van der Waals surface area (Å²) in [7, 11) is 2.00. The maximum Gasteiger partial charge on any atom is 0.264 e. The third-order valence-electron chi connectivity index (χ3n) is 4.84. The van der Waals surface area contributed by atoms with E-state index in [-0.39, 0.29) is 18.1 Å². The first-order valence-corrected chi connectivity index (χ1v) is 9.00. The second-order valence-corrected chi connectivity index (χ2v) is 7.90. The number of aromatic nitrogens is 3. The van der Waals surface area contributed by atoms with Crippen LogP contribution in [-0.2, 0) is 13.1 Å². The maximum absolute atomic E-state index is 12.6. The van der Waals surface area contributed by atoms with Gasteiger partial charge in [-0.25, -0.2) is 0 Å². The average molecular weight is 347 g/mol. The summed E-state index contributed by atoms with van der Waals surface area (Å²) in [5, 5.41) is 18.5. The molecule has 2 aliphatic heterocycles. The van der Waals surface area contributed by atoms with E-state index < -0.39 is 0 Å². The Morgan fingerprint density at radius 2 is 2.17 bits per heavy atom. The summed E-state index contributed by atoms with van der Waals surface area (Å²) in [5.41, 5.74) is 0. The maximum atomic E-state index is 12.6. The molecule has 0 radical (unpaired) electrons. The molecule has 2 aliphatic rings. The Kier molecular flexibility index (Phi) is 3.90. The van der Waals surface area contributed by atoms with E-state index in [0.29, 0.717) is 32.6 Å². The second kappa shape index (κ2) is 5.94. The number of likely N-dealkylation sites (N-methyl/N-ethyl adjacent to an activating group) is 1. The molecule has 1 amide bonds.